The zero-order valence-electron chi connectivity index (χ0n) is 9.78. The fourth-order valence-corrected chi connectivity index (χ4v) is 1.95. The molecule has 0 fully saturated rings. The number of nitrogens with two attached hydrogens (primary N) is 1. The Bertz CT molecular complexity index is 449. The van der Waals surface area contributed by atoms with E-state index in [1.165, 1.54) is 0 Å². The predicted molar refractivity (Wildman–Crippen MR) is 71.2 cm³/mol. The number of carbonyl (C=O) groups is 2. The van der Waals surface area contributed by atoms with E-state index in [9.17, 15) is 9.59 Å². The third-order valence-electron chi connectivity index (χ3n) is 2.39. The van der Waals surface area contributed by atoms with Crippen LogP contribution in [0.3, 0.4) is 0 Å². The minimum absolute atomic E-state index is 0.249. The molecule has 1 aromatic rings. The molecule has 0 heterocycles. The van der Waals surface area contributed by atoms with Gasteiger partial charge in [-0.2, -0.15) is 0 Å². The maximum absolute atomic E-state index is 10.7. The van der Waals surface area contributed by atoms with Gasteiger partial charge in [-0.1, -0.05) is 22.0 Å². The summed E-state index contributed by atoms with van der Waals surface area (Å²) in [5.74, 6) is -1.25. The third-order valence-corrected chi connectivity index (χ3v) is 3.13. The van der Waals surface area contributed by atoms with Crippen molar-refractivity contribution in [3.8, 4) is 0 Å². The van der Waals surface area contributed by atoms with Crippen LogP contribution in [-0.4, -0.2) is 23.5 Å². The van der Waals surface area contributed by atoms with Gasteiger partial charge in [0.15, 0.2) is 0 Å². The van der Waals surface area contributed by atoms with E-state index >= 15 is 0 Å². The van der Waals surface area contributed by atoms with Gasteiger partial charge in [-0.3, -0.25) is 4.79 Å². The lowest BCUT2D eigenvalue weighted by Crippen LogP contribution is -2.18. The quantitative estimate of drug-likeness (QED) is 0.665. The number of halogens is 1. The monoisotopic (exact) mass is 314 g/mol. The molecule has 0 aliphatic rings. The molecule has 0 aliphatic carbocycles. The summed E-state index contributed by atoms with van der Waals surface area (Å²) in [6.45, 7) is 1.30. The lowest BCUT2D eigenvalue weighted by molar-refractivity contribution is -0.118. The van der Waals surface area contributed by atoms with Crippen molar-refractivity contribution in [3.05, 3.63) is 33.8 Å². The Morgan fingerprint density at radius 1 is 1.39 bits per heavy atom. The van der Waals surface area contributed by atoms with Gasteiger partial charge in [-0.05, 0) is 30.7 Å². The van der Waals surface area contributed by atoms with Gasteiger partial charge in [0.05, 0.1) is 5.56 Å². The van der Waals surface area contributed by atoms with Gasteiger partial charge in [0.2, 0.25) is 5.91 Å². The molecule has 0 bridgehead atoms. The molecule has 98 valence electrons. The van der Waals surface area contributed by atoms with Crippen molar-refractivity contribution in [1.82, 2.24) is 5.32 Å². The van der Waals surface area contributed by atoms with Gasteiger partial charge in [0.1, 0.15) is 0 Å². The van der Waals surface area contributed by atoms with Gasteiger partial charge in [-0.15, -0.1) is 0 Å². The fourth-order valence-electron chi connectivity index (χ4n) is 1.43. The molecule has 0 aromatic heterocycles. The lowest BCUT2D eigenvalue weighted by Gasteiger charge is -2.07. The van der Waals surface area contributed by atoms with E-state index in [0.717, 1.165) is 10.0 Å². The Labute approximate surface area is 113 Å². The zero-order chi connectivity index (χ0) is 13.5. The molecule has 0 unspecified atom stereocenters. The van der Waals surface area contributed by atoms with Crippen molar-refractivity contribution in [2.45, 2.75) is 19.4 Å². The summed E-state index contributed by atoms with van der Waals surface area (Å²) in [6.07, 6.45) is 1.06. The van der Waals surface area contributed by atoms with E-state index in [-0.39, 0.29) is 11.5 Å². The number of primary amides is 1. The Morgan fingerprint density at radius 2 is 2.11 bits per heavy atom. The fraction of sp³-hybridized carbons (Fsp3) is 0.333. The highest BCUT2D eigenvalue weighted by Gasteiger charge is 2.06. The van der Waals surface area contributed by atoms with Crippen molar-refractivity contribution in [3.63, 3.8) is 0 Å². The summed E-state index contributed by atoms with van der Waals surface area (Å²) in [4.78, 5) is 21.3. The van der Waals surface area contributed by atoms with Crippen LogP contribution >= 0.6 is 15.9 Å². The van der Waals surface area contributed by atoms with Gasteiger partial charge in [0.25, 0.3) is 0 Å². The molecule has 4 N–H and O–H groups in total. The molecule has 1 rings (SSSR count). The van der Waals surface area contributed by atoms with Crippen LogP contribution in [-0.2, 0) is 11.3 Å². The molecule has 6 heteroatoms. The van der Waals surface area contributed by atoms with Crippen molar-refractivity contribution in [1.29, 1.82) is 0 Å². The van der Waals surface area contributed by atoms with Crippen molar-refractivity contribution in [2.24, 2.45) is 5.73 Å². The molecular formula is C12H15BrN2O3. The van der Waals surface area contributed by atoms with Crippen LogP contribution in [0.2, 0.25) is 0 Å². The van der Waals surface area contributed by atoms with Gasteiger partial charge in [-0.25, -0.2) is 4.79 Å². The molecule has 1 aromatic carbocycles. The highest BCUT2D eigenvalue weighted by atomic mass is 79.9. The minimum atomic E-state index is -0.948. The first-order chi connectivity index (χ1) is 8.50. The number of aromatic carboxylic acids is 1. The SMILES string of the molecule is NC(=O)CCCNCc1ccc(C(=O)O)cc1Br. The summed E-state index contributed by atoms with van der Waals surface area (Å²) in [5.41, 5.74) is 6.25. The summed E-state index contributed by atoms with van der Waals surface area (Å²) in [7, 11) is 0. The van der Waals surface area contributed by atoms with Crippen LogP contribution in [0.25, 0.3) is 0 Å². The Morgan fingerprint density at radius 3 is 2.67 bits per heavy atom. The number of nitrogens with one attached hydrogen (secondary N) is 1. The zero-order valence-corrected chi connectivity index (χ0v) is 11.4. The number of benzene rings is 1. The van der Waals surface area contributed by atoms with Crippen LogP contribution < -0.4 is 11.1 Å². The highest BCUT2D eigenvalue weighted by molar-refractivity contribution is 9.10. The van der Waals surface area contributed by atoms with E-state index in [0.29, 0.717) is 25.9 Å². The van der Waals surface area contributed by atoms with Gasteiger partial charge in [0, 0.05) is 17.4 Å². The number of carboxylic acid groups (broad SMARTS) is 1. The average molecular weight is 315 g/mol. The van der Waals surface area contributed by atoms with E-state index in [4.69, 9.17) is 10.8 Å². The number of rotatable bonds is 7. The summed E-state index contributed by atoms with van der Waals surface area (Å²) >= 11 is 3.33. The molecular weight excluding hydrogens is 300 g/mol. The number of carbonyl (C=O) groups excluding carboxylic acids is 1. The molecule has 5 nitrogen and oxygen atoms in total. The summed E-state index contributed by atoms with van der Waals surface area (Å²) < 4.78 is 0.754. The van der Waals surface area contributed by atoms with Crippen molar-refractivity contribution >= 4 is 27.8 Å². The van der Waals surface area contributed by atoms with Crippen LogP contribution in [0.5, 0.6) is 0 Å². The topological polar surface area (TPSA) is 92.4 Å². The van der Waals surface area contributed by atoms with Crippen LogP contribution in [0, 0.1) is 0 Å². The number of hydrogen-bond donors (Lipinski definition) is 3. The maximum Gasteiger partial charge on any atom is 0.335 e. The molecule has 18 heavy (non-hydrogen) atoms. The number of carboxylic acids is 1. The van der Waals surface area contributed by atoms with Crippen LogP contribution in [0.4, 0.5) is 0 Å². The second-order valence-corrected chi connectivity index (χ2v) is 4.71. The van der Waals surface area contributed by atoms with E-state index in [2.05, 4.69) is 21.2 Å². The largest absolute Gasteiger partial charge is 0.478 e. The van der Waals surface area contributed by atoms with E-state index in [1.54, 1.807) is 18.2 Å². The first-order valence-corrected chi connectivity index (χ1v) is 6.30. The van der Waals surface area contributed by atoms with Gasteiger partial charge < -0.3 is 16.2 Å². The molecule has 0 spiro atoms. The van der Waals surface area contributed by atoms with Crippen LogP contribution in [0.1, 0.15) is 28.8 Å². The second-order valence-electron chi connectivity index (χ2n) is 3.86. The Balaban J connectivity index is 2.43. The third kappa shape index (κ3) is 4.85. The standard InChI is InChI=1S/C12H15BrN2O3/c13-10-6-8(12(17)18)3-4-9(10)7-15-5-1-2-11(14)16/h3-4,6,15H,1-2,5,7H2,(H2,14,16)(H,17,18). The van der Waals surface area contributed by atoms with Crippen molar-refractivity contribution < 1.29 is 14.7 Å². The van der Waals surface area contributed by atoms with Crippen LogP contribution in [0.15, 0.2) is 22.7 Å². The first-order valence-electron chi connectivity index (χ1n) is 5.51. The highest BCUT2D eigenvalue weighted by Crippen LogP contribution is 2.18. The molecule has 0 radical (unpaired) electrons. The Kier molecular flexibility index (Phi) is 5.80. The molecule has 1 amide bonds. The molecule has 0 saturated heterocycles. The van der Waals surface area contributed by atoms with Gasteiger partial charge >= 0.3 is 5.97 Å². The second kappa shape index (κ2) is 7.13. The summed E-state index contributed by atoms with van der Waals surface area (Å²) in [5, 5.41) is 12.0. The first kappa shape index (κ1) is 14.7. The Hall–Kier alpha value is -1.40. The predicted octanol–water partition coefficient (Wildman–Crippen LogP) is 1.50. The molecule has 0 saturated carbocycles. The average Bonchev–Trinajstić information content (AvgIpc) is 2.29. The van der Waals surface area contributed by atoms with E-state index in [1.807, 2.05) is 0 Å². The van der Waals surface area contributed by atoms with E-state index < -0.39 is 5.97 Å². The maximum atomic E-state index is 10.7. The minimum Gasteiger partial charge on any atom is -0.478 e. The lowest BCUT2D eigenvalue weighted by atomic mass is 10.1. The molecule has 0 atom stereocenters. The summed E-state index contributed by atoms with van der Waals surface area (Å²) in [6, 6.07) is 4.89. The van der Waals surface area contributed by atoms with Crippen molar-refractivity contribution in [2.75, 3.05) is 6.54 Å². The smallest absolute Gasteiger partial charge is 0.335 e. The molecule has 0 aliphatic heterocycles. The normalized spacial score (nSPS) is 10.3. The number of amides is 1. The number of hydrogen-bond acceptors (Lipinski definition) is 3.